The zero-order chi connectivity index (χ0) is 33.2. The van der Waals surface area contributed by atoms with Crippen LogP contribution in [-0.4, -0.2) is 51.4 Å². The first-order chi connectivity index (χ1) is 22.8. The third-order valence-electron chi connectivity index (χ3n) is 8.19. The maximum absolute atomic E-state index is 14.1. The van der Waals surface area contributed by atoms with Gasteiger partial charge in [-0.25, -0.2) is 13.1 Å². The van der Waals surface area contributed by atoms with Crippen molar-refractivity contribution in [3.8, 4) is 11.5 Å². The van der Waals surface area contributed by atoms with E-state index in [0.717, 1.165) is 35.1 Å². The van der Waals surface area contributed by atoms with Crippen molar-refractivity contribution in [2.24, 2.45) is 0 Å². The molecule has 0 heterocycles. The maximum atomic E-state index is 14.1. The predicted molar refractivity (Wildman–Crippen MR) is 180 cm³/mol. The van der Waals surface area contributed by atoms with Gasteiger partial charge >= 0.3 is 0 Å². The highest BCUT2D eigenvalue weighted by Crippen LogP contribution is 2.23. The monoisotopic (exact) mass is 655 g/mol. The molecule has 0 saturated heterocycles. The average Bonchev–Trinajstić information content (AvgIpc) is 3.92. The van der Waals surface area contributed by atoms with Crippen LogP contribution in [0.2, 0.25) is 0 Å². The van der Waals surface area contributed by atoms with Gasteiger partial charge in [0.05, 0.1) is 19.1 Å². The Balaban J connectivity index is 1.38. The third kappa shape index (κ3) is 9.43. The molecule has 47 heavy (non-hydrogen) atoms. The SMILES string of the molecule is COc1ccc(CN(C(=O)CCc2ccc(S(=O)(=O)NC3CC3)cc2)C(Cc2ccccc2)C(=O)NCc2ccccc2OC)cc1. The van der Waals surface area contributed by atoms with Crippen LogP contribution in [0.1, 0.15) is 41.5 Å². The number of methoxy groups -OCH3 is 2. The van der Waals surface area contributed by atoms with E-state index < -0.39 is 16.1 Å². The Hall–Kier alpha value is -4.67. The Kier molecular flexibility index (Phi) is 11.3. The first kappa shape index (κ1) is 33.7. The van der Waals surface area contributed by atoms with Gasteiger partial charge in [0, 0.05) is 37.5 Å². The second-order valence-electron chi connectivity index (χ2n) is 11.6. The number of benzene rings is 4. The van der Waals surface area contributed by atoms with Crippen molar-refractivity contribution in [2.75, 3.05) is 14.2 Å². The second kappa shape index (κ2) is 15.8. The Morgan fingerprint density at radius 3 is 2.13 bits per heavy atom. The predicted octanol–water partition coefficient (Wildman–Crippen LogP) is 5.03. The summed E-state index contributed by atoms with van der Waals surface area (Å²) in [6.45, 7) is 0.454. The molecule has 246 valence electrons. The van der Waals surface area contributed by atoms with E-state index in [9.17, 15) is 18.0 Å². The van der Waals surface area contributed by atoms with E-state index in [1.54, 1.807) is 43.4 Å². The normalized spacial score (nSPS) is 13.4. The number of nitrogens with zero attached hydrogens (tertiary/aromatic N) is 1. The maximum Gasteiger partial charge on any atom is 0.243 e. The van der Waals surface area contributed by atoms with Crippen molar-refractivity contribution in [1.29, 1.82) is 0 Å². The Morgan fingerprint density at radius 2 is 1.47 bits per heavy atom. The molecule has 4 aromatic carbocycles. The summed E-state index contributed by atoms with van der Waals surface area (Å²) in [5.41, 5.74) is 3.43. The van der Waals surface area contributed by atoms with Crippen molar-refractivity contribution in [3.05, 3.63) is 125 Å². The van der Waals surface area contributed by atoms with Crippen molar-refractivity contribution in [2.45, 2.75) is 62.2 Å². The summed E-state index contributed by atoms with van der Waals surface area (Å²) in [4.78, 5) is 30.0. The number of ether oxygens (including phenoxy) is 2. The van der Waals surface area contributed by atoms with Crippen LogP contribution in [0.5, 0.6) is 11.5 Å². The van der Waals surface area contributed by atoms with Gasteiger partial charge in [-0.15, -0.1) is 0 Å². The van der Waals surface area contributed by atoms with E-state index in [2.05, 4.69) is 10.0 Å². The molecule has 1 fully saturated rings. The average molecular weight is 656 g/mol. The third-order valence-corrected chi connectivity index (χ3v) is 9.73. The van der Waals surface area contributed by atoms with Gasteiger partial charge in [0.1, 0.15) is 17.5 Å². The molecule has 1 atom stereocenters. The number of sulfonamides is 1. The summed E-state index contributed by atoms with van der Waals surface area (Å²) in [6.07, 6.45) is 2.55. The zero-order valence-electron chi connectivity index (χ0n) is 26.7. The van der Waals surface area contributed by atoms with Gasteiger partial charge in [0.15, 0.2) is 0 Å². The molecule has 0 spiro atoms. The van der Waals surface area contributed by atoms with Gasteiger partial charge < -0.3 is 19.7 Å². The van der Waals surface area contributed by atoms with Gasteiger partial charge in [0.2, 0.25) is 21.8 Å². The quantitative estimate of drug-likeness (QED) is 0.175. The van der Waals surface area contributed by atoms with Gasteiger partial charge in [-0.05, 0) is 66.3 Å². The van der Waals surface area contributed by atoms with Crippen LogP contribution >= 0.6 is 0 Å². The standard InChI is InChI=1S/C37H41N3O6S/c1-45-32-19-12-29(13-20-32)26-40(36(41)23-16-27-14-21-33(22-15-27)47(43,44)39-31-17-18-31)34(24-28-8-4-3-5-9-28)37(42)38-25-30-10-6-7-11-35(30)46-2/h3-15,19-22,31,34,39H,16-18,23-26H2,1-2H3,(H,38,42). The first-order valence-electron chi connectivity index (χ1n) is 15.7. The Labute approximate surface area is 277 Å². The molecule has 0 radical (unpaired) electrons. The summed E-state index contributed by atoms with van der Waals surface area (Å²) < 4.78 is 38.7. The number of rotatable bonds is 16. The number of hydrogen-bond donors (Lipinski definition) is 2. The molecule has 0 bridgehead atoms. The van der Waals surface area contributed by atoms with Crippen LogP contribution in [0.15, 0.2) is 108 Å². The molecule has 1 aliphatic rings. The van der Waals surface area contributed by atoms with E-state index in [-0.39, 0.29) is 42.3 Å². The summed E-state index contributed by atoms with van der Waals surface area (Å²) in [7, 11) is -0.381. The molecular formula is C37H41N3O6S. The summed E-state index contributed by atoms with van der Waals surface area (Å²) >= 11 is 0. The lowest BCUT2D eigenvalue weighted by atomic mass is 10.0. The minimum absolute atomic E-state index is 0.0183. The Morgan fingerprint density at radius 1 is 0.809 bits per heavy atom. The summed E-state index contributed by atoms with van der Waals surface area (Å²) in [6, 6.07) is 30.4. The highest BCUT2D eigenvalue weighted by atomic mass is 32.2. The van der Waals surface area contributed by atoms with Crippen molar-refractivity contribution in [1.82, 2.24) is 14.9 Å². The summed E-state index contributed by atoms with van der Waals surface area (Å²) in [5.74, 6) is 0.890. The number of amides is 2. The highest BCUT2D eigenvalue weighted by molar-refractivity contribution is 7.89. The van der Waals surface area contributed by atoms with Crippen molar-refractivity contribution < 1.29 is 27.5 Å². The van der Waals surface area contributed by atoms with Gasteiger partial charge in [-0.3, -0.25) is 9.59 Å². The number of hydrogen-bond acceptors (Lipinski definition) is 6. The fraction of sp³-hybridized carbons (Fsp3) is 0.297. The van der Waals surface area contributed by atoms with E-state index in [4.69, 9.17) is 9.47 Å². The molecule has 1 aliphatic carbocycles. The fourth-order valence-electron chi connectivity index (χ4n) is 5.35. The molecule has 2 amide bonds. The van der Waals surface area contributed by atoms with E-state index in [1.165, 1.54) is 0 Å². The minimum atomic E-state index is -3.57. The number of carbonyl (C=O) groups excluding carboxylic acids is 2. The van der Waals surface area contributed by atoms with Crippen molar-refractivity contribution in [3.63, 3.8) is 0 Å². The zero-order valence-corrected chi connectivity index (χ0v) is 27.5. The van der Waals surface area contributed by atoms with Crippen LogP contribution in [0.3, 0.4) is 0 Å². The molecule has 5 rings (SSSR count). The Bertz CT molecular complexity index is 1740. The molecule has 10 heteroatoms. The van der Waals surface area contributed by atoms with Gasteiger partial charge in [0.25, 0.3) is 0 Å². The molecular weight excluding hydrogens is 614 g/mol. The first-order valence-corrected chi connectivity index (χ1v) is 17.2. The fourth-order valence-corrected chi connectivity index (χ4v) is 6.65. The molecule has 0 aromatic heterocycles. The number of nitrogens with one attached hydrogen (secondary N) is 2. The van der Waals surface area contributed by atoms with Crippen molar-refractivity contribution >= 4 is 21.8 Å². The van der Waals surface area contributed by atoms with Crippen LogP contribution in [0.25, 0.3) is 0 Å². The van der Waals surface area contributed by atoms with E-state index in [0.29, 0.717) is 24.3 Å². The molecule has 1 saturated carbocycles. The van der Waals surface area contributed by atoms with E-state index >= 15 is 0 Å². The molecule has 2 N–H and O–H groups in total. The van der Waals surface area contributed by atoms with Crippen LogP contribution in [-0.2, 0) is 45.5 Å². The van der Waals surface area contributed by atoms with Gasteiger partial charge in [-0.1, -0.05) is 72.8 Å². The summed E-state index contributed by atoms with van der Waals surface area (Å²) in [5, 5.41) is 3.05. The lowest BCUT2D eigenvalue weighted by Crippen LogP contribution is -2.50. The topological polar surface area (TPSA) is 114 Å². The smallest absolute Gasteiger partial charge is 0.243 e. The number of aryl methyl sites for hydroxylation is 1. The molecule has 9 nitrogen and oxygen atoms in total. The number of para-hydroxylation sites is 1. The molecule has 0 aliphatic heterocycles. The highest BCUT2D eigenvalue weighted by Gasteiger charge is 2.31. The molecule has 4 aromatic rings. The van der Waals surface area contributed by atoms with Crippen LogP contribution < -0.4 is 19.5 Å². The second-order valence-corrected chi connectivity index (χ2v) is 13.4. The van der Waals surface area contributed by atoms with Gasteiger partial charge in [-0.2, -0.15) is 0 Å². The largest absolute Gasteiger partial charge is 0.497 e. The number of carbonyl (C=O) groups is 2. The van der Waals surface area contributed by atoms with Crippen LogP contribution in [0, 0.1) is 0 Å². The molecule has 1 unspecified atom stereocenters. The lowest BCUT2D eigenvalue weighted by Gasteiger charge is -2.32. The lowest BCUT2D eigenvalue weighted by molar-refractivity contribution is -0.141. The van der Waals surface area contributed by atoms with Crippen LogP contribution in [0.4, 0.5) is 0 Å². The van der Waals surface area contributed by atoms with E-state index in [1.807, 2.05) is 78.9 Å². The minimum Gasteiger partial charge on any atom is -0.497 e.